The van der Waals surface area contributed by atoms with Crippen molar-refractivity contribution < 1.29 is 14.3 Å². The molecule has 7 heteroatoms. The number of nitrogens with one attached hydrogen (secondary N) is 1. The molecular weight excluding hydrogens is 342 g/mol. The Morgan fingerprint density at radius 2 is 1.88 bits per heavy atom. The van der Waals surface area contributed by atoms with E-state index in [1.165, 1.54) is 0 Å². The van der Waals surface area contributed by atoms with Crippen LogP contribution < -0.4 is 14.8 Å². The van der Waals surface area contributed by atoms with Gasteiger partial charge in [-0.3, -0.25) is 4.79 Å². The summed E-state index contributed by atoms with van der Waals surface area (Å²) in [5.41, 5.74) is 1.17. The van der Waals surface area contributed by atoms with E-state index in [4.69, 9.17) is 21.1 Å². The van der Waals surface area contributed by atoms with E-state index in [0.717, 1.165) is 11.4 Å². The zero-order chi connectivity index (χ0) is 18.0. The predicted molar refractivity (Wildman–Crippen MR) is 95.5 cm³/mol. The summed E-state index contributed by atoms with van der Waals surface area (Å²) in [4.78, 5) is 20.9. The first-order chi connectivity index (χ1) is 11.8. The van der Waals surface area contributed by atoms with Crippen molar-refractivity contribution in [3.05, 3.63) is 40.9 Å². The van der Waals surface area contributed by atoms with Crippen LogP contribution in [-0.4, -0.2) is 29.1 Å². The highest BCUT2D eigenvalue weighted by Gasteiger charge is 2.19. The molecule has 0 bridgehead atoms. The third-order valence-electron chi connectivity index (χ3n) is 3.63. The second kappa shape index (κ2) is 6.88. The maximum Gasteiger partial charge on any atom is 0.228 e. The van der Waals surface area contributed by atoms with Gasteiger partial charge in [-0.1, -0.05) is 32.4 Å². The Morgan fingerprint density at radius 3 is 2.56 bits per heavy atom. The van der Waals surface area contributed by atoms with Gasteiger partial charge in [0.1, 0.15) is 19.0 Å². The molecule has 0 radical (unpaired) electrons. The minimum absolute atomic E-state index is 0.134. The number of hydrogen-bond acceptors (Lipinski definition) is 5. The number of anilines is 1. The van der Waals surface area contributed by atoms with E-state index in [-0.39, 0.29) is 17.7 Å². The standard InChI is InChI=1S/C18H20ClN3O3/c1-18(2,3)17-20-9-12(10-21-17)22-15(23)8-11-6-13(19)16-14(7-11)24-4-5-25-16/h6-7,9-10H,4-5,8H2,1-3H3,(H,22,23). The Hall–Kier alpha value is -2.34. The summed E-state index contributed by atoms with van der Waals surface area (Å²) in [5, 5.41) is 3.23. The number of fused-ring (bicyclic) bond motifs is 1. The Labute approximate surface area is 151 Å². The summed E-state index contributed by atoms with van der Waals surface area (Å²) in [5.74, 6) is 1.65. The normalized spacial score (nSPS) is 13.4. The Kier molecular flexibility index (Phi) is 4.81. The van der Waals surface area contributed by atoms with Crippen molar-refractivity contribution in [2.45, 2.75) is 32.6 Å². The van der Waals surface area contributed by atoms with E-state index in [0.29, 0.717) is 35.4 Å². The SMILES string of the molecule is CC(C)(C)c1ncc(NC(=O)Cc2cc(Cl)c3c(c2)OCCO3)cn1. The highest BCUT2D eigenvalue weighted by molar-refractivity contribution is 6.32. The minimum atomic E-state index is -0.181. The van der Waals surface area contributed by atoms with Gasteiger partial charge in [-0.25, -0.2) is 9.97 Å². The lowest BCUT2D eigenvalue weighted by molar-refractivity contribution is -0.115. The number of benzene rings is 1. The Bertz CT molecular complexity index is 785. The number of carbonyl (C=O) groups excluding carboxylic acids is 1. The molecular formula is C18H20ClN3O3. The molecule has 3 rings (SSSR count). The lowest BCUT2D eigenvalue weighted by atomic mass is 9.96. The second-order valence-corrected chi connectivity index (χ2v) is 7.28. The van der Waals surface area contributed by atoms with Crippen LogP contribution in [0.4, 0.5) is 5.69 Å². The highest BCUT2D eigenvalue weighted by atomic mass is 35.5. The molecule has 1 aliphatic rings. The van der Waals surface area contributed by atoms with Crippen LogP contribution >= 0.6 is 11.6 Å². The van der Waals surface area contributed by atoms with Gasteiger partial charge in [0, 0.05) is 5.41 Å². The van der Waals surface area contributed by atoms with Gasteiger partial charge in [-0.05, 0) is 17.7 Å². The minimum Gasteiger partial charge on any atom is -0.486 e. The number of rotatable bonds is 3. The lowest BCUT2D eigenvalue weighted by Crippen LogP contribution is -2.19. The van der Waals surface area contributed by atoms with Gasteiger partial charge >= 0.3 is 0 Å². The molecule has 132 valence electrons. The number of ether oxygens (including phenoxy) is 2. The monoisotopic (exact) mass is 361 g/mol. The molecule has 6 nitrogen and oxygen atoms in total. The molecule has 0 saturated carbocycles. The summed E-state index contributed by atoms with van der Waals surface area (Å²) in [6, 6.07) is 3.49. The summed E-state index contributed by atoms with van der Waals surface area (Å²) in [6.07, 6.45) is 3.39. The zero-order valence-corrected chi connectivity index (χ0v) is 15.2. The molecule has 0 fully saturated rings. The molecule has 2 aromatic rings. The lowest BCUT2D eigenvalue weighted by Gasteiger charge is -2.20. The van der Waals surface area contributed by atoms with E-state index in [9.17, 15) is 4.79 Å². The predicted octanol–water partition coefficient (Wildman–Crippen LogP) is 3.38. The number of aromatic nitrogens is 2. The Balaban J connectivity index is 1.68. The first kappa shape index (κ1) is 17.5. The molecule has 0 unspecified atom stereocenters. The number of amides is 1. The van der Waals surface area contributed by atoms with Gasteiger partial charge < -0.3 is 14.8 Å². The van der Waals surface area contributed by atoms with E-state index < -0.39 is 0 Å². The van der Waals surface area contributed by atoms with Crippen LogP contribution in [0.25, 0.3) is 0 Å². The topological polar surface area (TPSA) is 73.3 Å². The van der Waals surface area contributed by atoms with Gasteiger partial charge in [0.15, 0.2) is 11.5 Å². The molecule has 2 heterocycles. The average Bonchev–Trinajstić information content (AvgIpc) is 2.54. The maximum absolute atomic E-state index is 12.3. The van der Waals surface area contributed by atoms with E-state index >= 15 is 0 Å². The van der Waals surface area contributed by atoms with Crippen LogP contribution in [0.2, 0.25) is 5.02 Å². The van der Waals surface area contributed by atoms with Crippen molar-refractivity contribution in [1.82, 2.24) is 9.97 Å². The molecule has 0 atom stereocenters. The number of nitrogens with zero attached hydrogens (tertiary/aromatic N) is 2. The fraction of sp³-hybridized carbons (Fsp3) is 0.389. The number of carbonyl (C=O) groups is 1. The van der Waals surface area contributed by atoms with Gasteiger partial charge in [0.2, 0.25) is 5.91 Å². The second-order valence-electron chi connectivity index (χ2n) is 6.87. The number of halogens is 1. The molecule has 1 amide bonds. The largest absolute Gasteiger partial charge is 0.486 e. The molecule has 1 aromatic heterocycles. The van der Waals surface area contributed by atoms with Gasteiger partial charge in [-0.15, -0.1) is 0 Å². The van der Waals surface area contributed by atoms with Crippen molar-refractivity contribution >= 4 is 23.2 Å². The van der Waals surface area contributed by atoms with Crippen LogP contribution in [0.1, 0.15) is 32.2 Å². The zero-order valence-electron chi connectivity index (χ0n) is 14.4. The molecule has 1 aromatic carbocycles. The van der Waals surface area contributed by atoms with E-state index in [1.807, 2.05) is 20.8 Å². The summed E-state index contributed by atoms with van der Waals surface area (Å²) in [6.45, 7) is 7.04. The highest BCUT2D eigenvalue weighted by Crippen LogP contribution is 2.38. The number of hydrogen-bond donors (Lipinski definition) is 1. The van der Waals surface area contributed by atoms with Crippen molar-refractivity contribution in [3.63, 3.8) is 0 Å². The van der Waals surface area contributed by atoms with Gasteiger partial charge in [0.05, 0.1) is 29.5 Å². The average molecular weight is 362 g/mol. The van der Waals surface area contributed by atoms with Crippen LogP contribution in [-0.2, 0) is 16.6 Å². The smallest absolute Gasteiger partial charge is 0.228 e. The van der Waals surface area contributed by atoms with E-state index in [1.54, 1.807) is 24.5 Å². The third-order valence-corrected chi connectivity index (χ3v) is 3.91. The fourth-order valence-corrected chi connectivity index (χ4v) is 2.72. The molecule has 25 heavy (non-hydrogen) atoms. The van der Waals surface area contributed by atoms with Crippen molar-refractivity contribution in [3.8, 4) is 11.5 Å². The molecule has 0 saturated heterocycles. The van der Waals surface area contributed by atoms with Crippen molar-refractivity contribution in [2.75, 3.05) is 18.5 Å². The van der Waals surface area contributed by atoms with Crippen molar-refractivity contribution in [1.29, 1.82) is 0 Å². The summed E-state index contributed by atoms with van der Waals surface area (Å²) < 4.78 is 11.0. The van der Waals surface area contributed by atoms with Crippen molar-refractivity contribution in [2.24, 2.45) is 0 Å². The maximum atomic E-state index is 12.3. The van der Waals surface area contributed by atoms with Crippen LogP contribution in [0, 0.1) is 0 Å². The molecule has 0 aliphatic carbocycles. The van der Waals surface area contributed by atoms with E-state index in [2.05, 4.69) is 15.3 Å². The fourth-order valence-electron chi connectivity index (χ4n) is 2.44. The first-order valence-electron chi connectivity index (χ1n) is 8.03. The van der Waals surface area contributed by atoms with Gasteiger partial charge in [-0.2, -0.15) is 0 Å². The molecule has 1 N–H and O–H groups in total. The van der Waals surface area contributed by atoms with Gasteiger partial charge in [0.25, 0.3) is 0 Å². The molecule has 1 aliphatic heterocycles. The quantitative estimate of drug-likeness (QED) is 0.907. The molecule has 0 spiro atoms. The van der Waals surface area contributed by atoms with Crippen LogP contribution in [0.5, 0.6) is 11.5 Å². The summed E-state index contributed by atoms with van der Waals surface area (Å²) in [7, 11) is 0. The summed E-state index contributed by atoms with van der Waals surface area (Å²) >= 11 is 6.19. The third kappa shape index (κ3) is 4.20. The Morgan fingerprint density at radius 1 is 1.20 bits per heavy atom. The first-order valence-corrected chi connectivity index (χ1v) is 8.41. The van der Waals surface area contributed by atoms with Crippen LogP contribution in [0.15, 0.2) is 24.5 Å². The van der Waals surface area contributed by atoms with Crippen LogP contribution in [0.3, 0.4) is 0 Å².